The zero-order chi connectivity index (χ0) is 44.9. The molecular weight excluding hydrogens is 785 g/mol. The summed E-state index contributed by atoms with van der Waals surface area (Å²) >= 11 is 0. The smallest absolute Gasteiger partial charge is 0.407 e. The minimum absolute atomic E-state index is 0.0362. The van der Waals surface area contributed by atoms with Crippen molar-refractivity contribution < 1.29 is 33.5 Å². The first-order chi connectivity index (χ1) is 29.6. The predicted molar refractivity (Wildman–Crippen MR) is 242 cm³/mol. The van der Waals surface area contributed by atoms with E-state index in [0.717, 1.165) is 41.6 Å². The van der Waals surface area contributed by atoms with Crippen molar-refractivity contribution in [1.82, 2.24) is 25.9 Å². The number of ether oxygens (including phenoxy) is 2. The number of para-hydroxylation sites is 1. The van der Waals surface area contributed by atoms with Crippen molar-refractivity contribution in [3.63, 3.8) is 0 Å². The lowest BCUT2D eigenvalue weighted by Crippen LogP contribution is -2.62. The summed E-state index contributed by atoms with van der Waals surface area (Å²) in [6, 6.07) is 20.5. The molecule has 4 fully saturated rings. The van der Waals surface area contributed by atoms with Crippen LogP contribution < -0.4 is 25.6 Å². The van der Waals surface area contributed by atoms with Crippen LogP contribution in [0, 0.1) is 29.1 Å². The number of methoxy groups -OCH3 is 1. The average Bonchev–Trinajstić information content (AvgIpc) is 3.61. The fourth-order valence-electron chi connectivity index (χ4n) is 10.1. The number of benzene rings is 3. The standard InChI is InChI=1S/C49H68N6O7/c1-11-20-50-48(59)61-31(3)43-42(29-56)62-55(44(43)47(58)52-41-26-36-25-40(30(41)2)49(36,4)5)27-33-18-15-19-39(45(33)60-10)34-22-35(24-38(23-34)54(8)9)46(57)51-37(28-53(6)7)21-32-16-13-12-14-17-32/h12-19,22-24,29-31,36-37,40-44H,11,20-21,25-28H2,1-10H3,(H,50,59)(H,51,57)(H,52,58)/t30-,31-,36+,37-,40-,41-,42-,43-,44?/m0/s1. The van der Waals surface area contributed by atoms with Gasteiger partial charge in [-0.3, -0.25) is 14.4 Å². The maximum absolute atomic E-state index is 14.7. The van der Waals surface area contributed by atoms with Crippen LogP contribution >= 0.6 is 0 Å². The van der Waals surface area contributed by atoms with Crippen LogP contribution in [0.4, 0.5) is 10.5 Å². The van der Waals surface area contributed by atoms with E-state index >= 15 is 0 Å². The minimum Gasteiger partial charge on any atom is -0.496 e. The number of carbonyl (C=O) groups is 4. The lowest BCUT2D eigenvalue weighted by molar-refractivity contribution is -0.177. The van der Waals surface area contributed by atoms with E-state index in [-0.39, 0.29) is 41.8 Å². The summed E-state index contributed by atoms with van der Waals surface area (Å²) in [5.41, 5.74) is 4.91. The first kappa shape index (κ1) is 46.5. The quantitative estimate of drug-likeness (QED) is 0.124. The molecule has 3 saturated carbocycles. The number of carbonyl (C=O) groups excluding carboxylic acids is 4. The third-order valence-corrected chi connectivity index (χ3v) is 13.6. The Bertz CT molecular complexity index is 2040. The minimum atomic E-state index is -1.05. The molecular formula is C49H68N6O7. The highest BCUT2D eigenvalue weighted by atomic mass is 16.7. The summed E-state index contributed by atoms with van der Waals surface area (Å²) in [6.07, 6.45) is 1.63. The lowest BCUT2D eigenvalue weighted by Gasteiger charge is -2.62. The molecule has 1 heterocycles. The molecule has 7 rings (SSSR count). The first-order valence-corrected chi connectivity index (χ1v) is 22.2. The molecule has 9 atom stereocenters. The Kier molecular flexibility index (Phi) is 15.0. The predicted octanol–water partition coefficient (Wildman–Crippen LogP) is 6.34. The van der Waals surface area contributed by atoms with Crippen LogP contribution in [0.15, 0.2) is 66.7 Å². The fraction of sp³-hybridized carbons (Fsp3) is 0.551. The maximum Gasteiger partial charge on any atom is 0.407 e. The SMILES string of the molecule is CCCNC(=O)O[C@@H](C)[C@@H]1C(C(=O)N[C@H]2C[C@H]3C[C@@H]([C@@H]2C)C3(C)C)N(Cc2cccc(-c3cc(C(=O)N[C@@H](Cc4ccccc4)CN(C)C)cc(N(C)C)c3)c2OC)O[C@H]1C=O. The molecule has 1 unspecified atom stereocenters. The first-order valence-electron chi connectivity index (χ1n) is 22.2. The van der Waals surface area contributed by atoms with E-state index in [0.29, 0.717) is 54.5 Å². The van der Waals surface area contributed by atoms with Gasteiger partial charge in [0.15, 0.2) is 6.29 Å². The van der Waals surface area contributed by atoms with E-state index in [1.807, 2.05) is 94.6 Å². The van der Waals surface area contributed by atoms with E-state index in [4.69, 9.17) is 14.3 Å². The van der Waals surface area contributed by atoms with E-state index in [1.165, 1.54) is 0 Å². The molecule has 3 amide bonds. The van der Waals surface area contributed by atoms with Gasteiger partial charge in [-0.25, -0.2) is 4.79 Å². The number of likely N-dealkylation sites (N-methyl/N-ethyl adjacent to an activating group) is 1. The Morgan fingerprint density at radius 2 is 1.76 bits per heavy atom. The summed E-state index contributed by atoms with van der Waals surface area (Å²) in [5.74, 6) is 0.567. The molecule has 62 heavy (non-hydrogen) atoms. The van der Waals surface area contributed by atoms with Crippen LogP contribution in [0.2, 0.25) is 0 Å². The van der Waals surface area contributed by atoms with Crippen molar-refractivity contribution in [1.29, 1.82) is 0 Å². The third-order valence-electron chi connectivity index (χ3n) is 13.6. The molecule has 1 saturated heterocycles. The van der Waals surface area contributed by atoms with Gasteiger partial charge in [0.05, 0.1) is 19.6 Å². The van der Waals surface area contributed by atoms with Gasteiger partial charge in [0.2, 0.25) is 5.91 Å². The Hall–Kier alpha value is -4.98. The number of hydroxylamine groups is 2. The molecule has 4 aliphatic rings. The second kappa shape index (κ2) is 20.0. The van der Waals surface area contributed by atoms with E-state index in [2.05, 4.69) is 53.8 Å². The van der Waals surface area contributed by atoms with Gasteiger partial charge in [-0.1, -0.05) is 76.2 Å². The number of fused-ring (bicyclic) bond motifs is 2. The van der Waals surface area contributed by atoms with Crippen molar-refractivity contribution >= 4 is 29.9 Å². The van der Waals surface area contributed by atoms with Crippen molar-refractivity contribution in [3.8, 4) is 16.9 Å². The van der Waals surface area contributed by atoms with E-state index < -0.39 is 30.3 Å². The number of nitrogens with zero attached hydrogens (tertiary/aromatic N) is 3. The lowest BCUT2D eigenvalue weighted by atomic mass is 9.45. The molecule has 3 N–H and O–H groups in total. The van der Waals surface area contributed by atoms with Crippen molar-refractivity contribution in [2.75, 3.05) is 53.3 Å². The summed E-state index contributed by atoms with van der Waals surface area (Å²) in [6.45, 7) is 11.7. The van der Waals surface area contributed by atoms with Crippen LogP contribution in [0.1, 0.15) is 75.4 Å². The van der Waals surface area contributed by atoms with Gasteiger partial charge >= 0.3 is 6.09 Å². The normalized spacial score (nSPS) is 24.9. The molecule has 13 heteroatoms. The van der Waals surface area contributed by atoms with Gasteiger partial charge in [-0.15, -0.1) is 0 Å². The second-order valence-corrected chi connectivity index (χ2v) is 18.7. The molecule has 3 aliphatic carbocycles. The van der Waals surface area contributed by atoms with Crippen molar-refractivity contribution in [2.45, 2.75) is 97.2 Å². The molecule has 3 aromatic carbocycles. The number of hydrogen-bond donors (Lipinski definition) is 3. The van der Waals surface area contributed by atoms with Gasteiger partial charge in [0.1, 0.15) is 24.0 Å². The molecule has 0 radical (unpaired) electrons. The summed E-state index contributed by atoms with van der Waals surface area (Å²) in [5, 5.41) is 10.9. The third kappa shape index (κ3) is 10.3. The van der Waals surface area contributed by atoms with Crippen LogP contribution in [0.5, 0.6) is 5.75 Å². The number of anilines is 1. The molecule has 0 aromatic heterocycles. The fourth-order valence-corrected chi connectivity index (χ4v) is 10.1. The second-order valence-electron chi connectivity index (χ2n) is 18.7. The highest BCUT2D eigenvalue weighted by molar-refractivity contribution is 5.97. The molecule has 13 nitrogen and oxygen atoms in total. The average molecular weight is 853 g/mol. The van der Waals surface area contributed by atoms with Gasteiger partial charge in [0, 0.05) is 61.6 Å². The van der Waals surface area contributed by atoms with Crippen LogP contribution in [0.25, 0.3) is 11.1 Å². The van der Waals surface area contributed by atoms with Gasteiger partial charge in [-0.05, 0) is 99.2 Å². The Balaban J connectivity index is 1.31. The van der Waals surface area contributed by atoms with E-state index in [9.17, 15) is 19.2 Å². The summed E-state index contributed by atoms with van der Waals surface area (Å²) in [4.78, 5) is 64.7. The number of alkyl carbamates (subject to hydrolysis) is 1. The van der Waals surface area contributed by atoms with Crippen LogP contribution in [-0.2, 0) is 32.1 Å². The zero-order valence-electron chi connectivity index (χ0n) is 38.3. The monoisotopic (exact) mass is 853 g/mol. The Labute approximate surface area is 368 Å². The summed E-state index contributed by atoms with van der Waals surface area (Å²) in [7, 11) is 9.46. The Morgan fingerprint density at radius 1 is 1.02 bits per heavy atom. The maximum atomic E-state index is 14.7. The number of hydrogen-bond acceptors (Lipinski definition) is 10. The Morgan fingerprint density at radius 3 is 2.39 bits per heavy atom. The van der Waals surface area contributed by atoms with Crippen molar-refractivity contribution in [2.24, 2.45) is 29.1 Å². The zero-order valence-corrected chi connectivity index (χ0v) is 38.3. The van der Waals surface area contributed by atoms with Gasteiger partial charge < -0.3 is 40.0 Å². The van der Waals surface area contributed by atoms with Gasteiger partial charge in [-0.2, -0.15) is 5.06 Å². The van der Waals surface area contributed by atoms with Gasteiger partial charge in [0.25, 0.3) is 5.91 Å². The summed E-state index contributed by atoms with van der Waals surface area (Å²) < 4.78 is 12.0. The van der Waals surface area contributed by atoms with Crippen molar-refractivity contribution in [3.05, 3.63) is 83.4 Å². The number of nitrogens with one attached hydrogen (secondary N) is 3. The number of aldehydes is 1. The topological polar surface area (TPSA) is 142 Å². The molecule has 3 aromatic rings. The van der Waals surface area contributed by atoms with Crippen LogP contribution in [0.3, 0.4) is 0 Å². The highest BCUT2D eigenvalue weighted by Crippen LogP contribution is 2.61. The van der Waals surface area contributed by atoms with Crippen LogP contribution in [-0.4, -0.2) is 113 Å². The molecule has 0 spiro atoms. The number of rotatable bonds is 18. The molecule has 336 valence electrons. The largest absolute Gasteiger partial charge is 0.496 e. The highest BCUT2D eigenvalue weighted by Gasteiger charge is 2.58. The molecule has 1 aliphatic heterocycles. The number of amides is 3. The van der Waals surface area contributed by atoms with E-state index in [1.54, 1.807) is 19.1 Å². The molecule has 2 bridgehead atoms.